The van der Waals surface area contributed by atoms with E-state index in [0.717, 1.165) is 29.4 Å². The lowest BCUT2D eigenvalue weighted by molar-refractivity contribution is -0.122. The van der Waals surface area contributed by atoms with Crippen molar-refractivity contribution in [1.82, 2.24) is 9.97 Å². The van der Waals surface area contributed by atoms with Crippen LogP contribution in [0.5, 0.6) is 0 Å². The first kappa shape index (κ1) is 14.1. The van der Waals surface area contributed by atoms with Gasteiger partial charge in [-0.05, 0) is 43.6 Å². The smallest absolute Gasteiger partial charge is 0.188 e. The summed E-state index contributed by atoms with van der Waals surface area (Å²) in [5.41, 5.74) is 2.11. The van der Waals surface area contributed by atoms with Crippen LogP contribution in [0.15, 0.2) is 11.2 Å². The van der Waals surface area contributed by atoms with Gasteiger partial charge in [-0.25, -0.2) is 9.97 Å². The van der Waals surface area contributed by atoms with Crippen molar-refractivity contribution in [3.8, 4) is 0 Å². The Morgan fingerprint density at radius 3 is 2.30 bits per heavy atom. The number of ketones is 1. The zero-order valence-corrected chi connectivity index (χ0v) is 13.7. The van der Waals surface area contributed by atoms with Gasteiger partial charge in [-0.3, -0.25) is 4.79 Å². The number of fused-ring (bicyclic) bond motifs is 2. The number of rotatable bonds is 2. The molecule has 0 aliphatic heterocycles. The largest absolute Gasteiger partial charge is 0.298 e. The predicted molar refractivity (Wildman–Crippen MR) is 80.8 cm³/mol. The van der Waals surface area contributed by atoms with E-state index in [-0.39, 0.29) is 22.0 Å². The van der Waals surface area contributed by atoms with Gasteiger partial charge in [0.2, 0.25) is 0 Å². The molecule has 2 saturated carbocycles. The number of carbonyl (C=O) groups excluding carboxylic acids is 1. The summed E-state index contributed by atoms with van der Waals surface area (Å²) in [7, 11) is 0. The third-order valence-electron chi connectivity index (χ3n) is 5.66. The second kappa shape index (κ2) is 4.30. The summed E-state index contributed by atoms with van der Waals surface area (Å²) in [6.07, 6.45) is 2.19. The minimum atomic E-state index is 0.0115. The molecule has 20 heavy (non-hydrogen) atoms. The van der Waals surface area contributed by atoms with Crippen LogP contribution in [-0.2, 0) is 4.79 Å². The van der Waals surface area contributed by atoms with Crippen LogP contribution in [0.4, 0.5) is 0 Å². The van der Waals surface area contributed by atoms with Crippen LogP contribution in [0.2, 0.25) is 0 Å². The molecule has 0 unspecified atom stereocenters. The van der Waals surface area contributed by atoms with Crippen LogP contribution in [0.1, 0.15) is 45.0 Å². The molecule has 3 rings (SSSR count). The number of aryl methyl sites for hydroxylation is 2. The molecule has 3 atom stereocenters. The number of nitrogens with zero attached hydrogens (tertiary/aromatic N) is 2. The maximum absolute atomic E-state index is 12.7. The number of aromatic nitrogens is 2. The molecule has 3 nitrogen and oxygen atoms in total. The highest BCUT2D eigenvalue weighted by molar-refractivity contribution is 8.00. The Labute approximate surface area is 125 Å². The van der Waals surface area contributed by atoms with Crippen molar-refractivity contribution in [2.75, 3.05) is 0 Å². The second-order valence-electron chi connectivity index (χ2n) is 7.06. The first-order chi connectivity index (χ1) is 9.25. The summed E-state index contributed by atoms with van der Waals surface area (Å²) in [6, 6.07) is 1.97. The molecule has 2 fully saturated rings. The summed E-state index contributed by atoms with van der Waals surface area (Å²) < 4.78 is 0. The van der Waals surface area contributed by atoms with Crippen LogP contribution >= 0.6 is 11.8 Å². The van der Waals surface area contributed by atoms with Gasteiger partial charge >= 0.3 is 0 Å². The van der Waals surface area contributed by atoms with Crippen molar-refractivity contribution in [3.05, 3.63) is 17.5 Å². The Balaban J connectivity index is 1.94. The average molecular weight is 290 g/mol. The van der Waals surface area contributed by atoms with Crippen molar-refractivity contribution < 1.29 is 4.79 Å². The molecular formula is C16H22N2OS. The molecule has 1 heterocycles. The van der Waals surface area contributed by atoms with E-state index in [1.54, 1.807) is 11.8 Å². The Bertz CT molecular complexity index is 564. The molecule has 0 N–H and O–H groups in total. The van der Waals surface area contributed by atoms with Gasteiger partial charge in [-0.2, -0.15) is 0 Å². The van der Waals surface area contributed by atoms with Crippen LogP contribution in [0.3, 0.4) is 0 Å². The molecule has 2 aliphatic rings. The van der Waals surface area contributed by atoms with E-state index >= 15 is 0 Å². The zero-order chi connectivity index (χ0) is 14.7. The van der Waals surface area contributed by atoms with Crippen molar-refractivity contribution in [3.63, 3.8) is 0 Å². The van der Waals surface area contributed by atoms with Gasteiger partial charge in [-0.1, -0.05) is 32.5 Å². The Hall–Kier alpha value is -0.900. The van der Waals surface area contributed by atoms with Crippen LogP contribution in [0, 0.1) is 30.6 Å². The fourth-order valence-corrected chi connectivity index (χ4v) is 5.59. The molecule has 108 valence electrons. The van der Waals surface area contributed by atoms with Gasteiger partial charge in [-0.15, -0.1) is 0 Å². The highest BCUT2D eigenvalue weighted by atomic mass is 32.2. The number of hydrogen-bond donors (Lipinski definition) is 0. The molecule has 0 amide bonds. The number of hydrogen-bond acceptors (Lipinski definition) is 4. The molecule has 0 aromatic carbocycles. The molecule has 2 aliphatic carbocycles. The molecule has 4 heteroatoms. The lowest BCUT2D eigenvalue weighted by Gasteiger charge is -2.37. The van der Waals surface area contributed by atoms with Crippen molar-refractivity contribution in [2.24, 2.45) is 16.7 Å². The van der Waals surface area contributed by atoms with E-state index in [4.69, 9.17) is 0 Å². The normalized spacial score (nSPS) is 34.8. The Morgan fingerprint density at radius 2 is 1.80 bits per heavy atom. The van der Waals surface area contributed by atoms with Crippen molar-refractivity contribution in [1.29, 1.82) is 0 Å². The molecule has 0 saturated heterocycles. The van der Waals surface area contributed by atoms with Gasteiger partial charge in [0.1, 0.15) is 5.78 Å². The lowest BCUT2D eigenvalue weighted by atomic mass is 9.71. The monoisotopic (exact) mass is 290 g/mol. The van der Waals surface area contributed by atoms with Crippen LogP contribution in [-0.4, -0.2) is 21.0 Å². The van der Waals surface area contributed by atoms with Gasteiger partial charge in [0.25, 0.3) is 0 Å². The summed E-state index contributed by atoms with van der Waals surface area (Å²) in [5, 5.41) is 0.767. The quantitative estimate of drug-likeness (QED) is 0.781. The molecule has 1 aromatic heterocycles. The number of carbonyl (C=O) groups is 1. The zero-order valence-electron chi connectivity index (χ0n) is 12.9. The van der Waals surface area contributed by atoms with Gasteiger partial charge in [0, 0.05) is 17.3 Å². The third-order valence-corrected chi connectivity index (χ3v) is 7.04. The lowest BCUT2D eigenvalue weighted by Crippen LogP contribution is -2.35. The maximum Gasteiger partial charge on any atom is 0.188 e. The molecule has 0 radical (unpaired) electrons. The first-order valence-corrected chi connectivity index (χ1v) is 8.16. The standard InChI is InChI=1S/C16H22N2OS/c1-9-8-10(2)18-14(17-9)20-13-12(19)11-6-7-16(13,5)15(11,3)4/h8,11,13H,6-7H2,1-5H3/t11-,13+,16+/m1/s1. The Morgan fingerprint density at radius 1 is 1.20 bits per heavy atom. The summed E-state index contributed by atoms with van der Waals surface area (Å²) >= 11 is 1.58. The van der Waals surface area contributed by atoms with Crippen molar-refractivity contribution >= 4 is 17.5 Å². The maximum atomic E-state index is 12.7. The number of thioether (sulfide) groups is 1. The van der Waals surface area contributed by atoms with E-state index < -0.39 is 0 Å². The summed E-state index contributed by atoms with van der Waals surface area (Å²) in [4.78, 5) is 21.7. The molecule has 2 bridgehead atoms. The van der Waals surface area contributed by atoms with Crippen molar-refractivity contribution in [2.45, 2.75) is 57.9 Å². The SMILES string of the molecule is Cc1cc(C)nc(S[C@H]2C(=O)[C@H]3CC[C@]2(C)C3(C)C)n1. The minimum absolute atomic E-state index is 0.0115. The number of Topliss-reactive ketones (excluding diaryl/α,β-unsaturated/α-hetero) is 1. The summed E-state index contributed by atoms with van der Waals surface area (Å²) in [6.45, 7) is 10.7. The van der Waals surface area contributed by atoms with Gasteiger partial charge in [0.15, 0.2) is 5.16 Å². The van der Waals surface area contributed by atoms with E-state index in [2.05, 4.69) is 30.7 Å². The summed E-state index contributed by atoms with van der Waals surface area (Å²) in [5.74, 6) is 0.632. The predicted octanol–water partition coefficient (Wildman–Crippen LogP) is 3.58. The van der Waals surface area contributed by atoms with Crippen LogP contribution < -0.4 is 0 Å². The third kappa shape index (κ3) is 1.77. The Kier molecular flexibility index (Phi) is 3.02. The highest BCUT2D eigenvalue weighted by Gasteiger charge is 2.66. The minimum Gasteiger partial charge on any atom is -0.298 e. The van der Waals surface area contributed by atoms with E-state index in [1.165, 1.54) is 0 Å². The average Bonchev–Trinajstić information content (AvgIpc) is 2.62. The topological polar surface area (TPSA) is 42.9 Å². The fraction of sp³-hybridized carbons (Fsp3) is 0.688. The molecule has 1 aromatic rings. The van der Waals surface area contributed by atoms with E-state index in [1.807, 2.05) is 19.9 Å². The van der Waals surface area contributed by atoms with Gasteiger partial charge < -0.3 is 0 Å². The van der Waals surface area contributed by atoms with Crippen LogP contribution in [0.25, 0.3) is 0 Å². The second-order valence-corrected chi connectivity index (χ2v) is 8.14. The fourth-order valence-electron chi connectivity index (χ4n) is 4.03. The molecule has 0 spiro atoms. The van der Waals surface area contributed by atoms with E-state index in [0.29, 0.717) is 5.78 Å². The van der Waals surface area contributed by atoms with E-state index in [9.17, 15) is 4.79 Å². The molecular weight excluding hydrogens is 268 g/mol. The van der Waals surface area contributed by atoms with Gasteiger partial charge in [0.05, 0.1) is 5.25 Å². The highest BCUT2D eigenvalue weighted by Crippen LogP contribution is 2.67. The first-order valence-electron chi connectivity index (χ1n) is 7.28.